The first kappa shape index (κ1) is 22.8. The number of ether oxygens (including phenoxy) is 1. The van der Waals surface area contributed by atoms with Gasteiger partial charge in [0.05, 0.1) is 12.2 Å². The Morgan fingerprint density at radius 3 is 2.28 bits per heavy atom. The van der Waals surface area contributed by atoms with Crippen LogP contribution in [-0.2, 0) is 5.41 Å². The van der Waals surface area contributed by atoms with Crippen LogP contribution in [0.15, 0.2) is 46.9 Å². The second-order valence-corrected chi connectivity index (χ2v) is 8.59. The van der Waals surface area contributed by atoms with E-state index < -0.39 is 5.91 Å². The molecular weight excluding hydrogens is 454 g/mol. The van der Waals surface area contributed by atoms with Gasteiger partial charge in [-0.15, -0.1) is 0 Å². The Morgan fingerprint density at radius 2 is 1.69 bits per heavy atom. The lowest BCUT2D eigenvalue weighted by Gasteiger charge is -2.19. The second-order valence-electron chi connectivity index (χ2n) is 7.26. The predicted molar refractivity (Wildman–Crippen MR) is 121 cm³/mol. The molecule has 0 atom stereocenters. The molecule has 0 spiro atoms. The molecule has 2 aromatic carbocycles. The predicted octanol–water partition coefficient (Wildman–Crippen LogP) is 4.09. The molecule has 6 nitrogen and oxygen atoms in total. The van der Waals surface area contributed by atoms with Gasteiger partial charge < -0.3 is 4.74 Å². The van der Waals surface area contributed by atoms with Crippen LogP contribution >= 0.6 is 28.1 Å². The summed E-state index contributed by atoms with van der Waals surface area (Å²) in [5, 5.41) is 2.49. The second kappa shape index (κ2) is 9.84. The molecule has 0 radical (unpaired) electrons. The first-order valence-corrected chi connectivity index (χ1v) is 10.3. The highest BCUT2D eigenvalue weighted by molar-refractivity contribution is 9.10. The van der Waals surface area contributed by atoms with Crippen LogP contribution in [0, 0.1) is 0 Å². The molecule has 0 saturated carbocycles. The summed E-state index contributed by atoms with van der Waals surface area (Å²) in [6.45, 7) is 8.57. The molecule has 154 valence electrons. The highest BCUT2D eigenvalue weighted by atomic mass is 79.9. The molecule has 29 heavy (non-hydrogen) atoms. The van der Waals surface area contributed by atoms with E-state index in [4.69, 9.17) is 17.0 Å². The van der Waals surface area contributed by atoms with Crippen molar-refractivity contribution >= 4 is 45.1 Å². The molecule has 0 unspecified atom stereocenters. The van der Waals surface area contributed by atoms with Crippen LogP contribution in [0.5, 0.6) is 5.75 Å². The van der Waals surface area contributed by atoms with Crippen LogP contribution < -0.4 is 20.9 Å². The Kier molecular flexibility index (Phi) is 7.75. The monoisotopic (exact) mass is 477 g/mol. The third-order valence-corrected chi connectivity index (χ3v) is 4.71. The van der Waals surface area contributed by atoms with Gasteiger partial charge in [-0.2, -0.15) is 0 Å². The number of thiocarbonyl (C=S) groups is 1. The molecule has 2 rings (SSSR count). The highest BCUT2D eigenvalue weighted by Crippen LogP contribution is 2.23. The minimum Gasteiger partial charge on any atom is -0.493 e. The van der Waals surface area contributed by atoms with E-state index in [1.165, 1.54) is 0 Å². The van der Waals surface area contributed by atoms with Crippen LogP contribution in [0.4, 0.5) is 0 Å². The number of amides is 2. The molecule has 0 fully saturated rings. The van der Waals surface area contributed by atoms with E-state index in [-0.39, 0.29) is 16.4 Å². The van der Waals surface area contributed by atoms with Gasteiger partial charge in [-0.3, -0.25) is 25.8 Å². The standard InChI is InChI=1S/C21H24BrN3O3S/c1-5-28-17-11-10-15(22)12-16(17)19(27)23-20(29)25-24-18(26)13-6-8-14(9-7-13)21(2,3)4/h6-12H,5H2,1-4H3,(H,24,26)(H2,23,25,27,29). The smallest absolute Gasteiger partial charge is 0.269 e. The Balaban J connectivity index is 1.95. The summed E-state index contributed by atoms with van der Waals surface area (Å²) in [5.41, 5.74) is 6.96. The van der Waals surface area contributed by atoms with E-state index in [0.29, 0.717) is 23.5 Å². The van der Waals surface area contributed by atoms with Crippen molar-refractivity contribution in [3.63, 3.8) is 0 Å². The van der Waals surface area contributed by atoms with Gasteiger partial charge in [-0.25, -0.2) is 0 Å². The Hall–Kier alpha value is -2.45. The average Bonchev–Trinajstić information content (AvgIpc) is 2.67. The third-order valence-electron chi connectivity index (χ3n) is 4.02. The number of halogens is 1. The van der Waals surface area contributed by atoms with Crippen molar-refractivity contribution in [1.82, 2.24) is 16.2 Å². The van der Waals surface area contributed by atoms with Gasteiger partial charge >= 0.3 is 0 Å². The lowest BCUT2D eigenvalue weighted by Crippen LogP contribution is -2.48. The number of hydrogen-bond donors (Lipinski definition) is 3. The summed E-state index contributed by atoms with van der Waals surface area (Å²) in [6.07, 6.45) is 0. The van der Waals surface area contributed by atoms with E-state index in [0.717, 1.165) is 10.0 Å². The van der Waals surface area contributed by atoms with Crippen molar-refractivity contribution < 1.29 is 14.3 Å². The number of benzene rings is 2. The van der Waals surface area contributed by atoms with Gasteiger partial charge in [-0.1, -0.05) is 48.8 Å². The molecule has 0 saturated heterocycles. The summed E-state index contributed by atoms with van der Waals surface area (Å²) in [5.74, 6) is -0.366. The molecule has 0 aromatic heterocycles. The van der Waals surface area contributed by atoms with Crippen LogP contribution in [-0.4, -0.2) is 23.5 Å². The first-order chi connectivity index (χ1) is 13.6. The molecule has 0 heterocycles. The summed E-state index contributed by atoms with van der Waals surface area (Å²) in [4.78, 5) is 24.8. The van der Waals surface area contributed by atoms with Crippen molar-refractivity contribution in [3.8, 4) is 5.75 Å². The molecule has 8 heteroatoms. The topological polar surface area (TPSA) is 79.5 Å². The number of rotatable bonds is 4. The Bertz CT molecular complexity index is 908. The van der Waals surface area contributed by atoms with Gasteiger partial charge in [0.25, 0.3) is 11.8 Å². The highest BCUT2D eigenvalue weighted by Gasteiger charge is 2.16. The van der Waals surface area contributed by atoms with Crippen molar-refractivity contribution in [1.29, 1.82) is 0 Å². The van der Waals surface area contributed by atoms with E-state index in [9.17, 15) is 9.59 Å². The SMILES string of the molecule is CCOc1ccc(Br)cc1C(=O)NC(=S)NNC(=O)c1ccc(C(C)(C)C)cc1. The van der Waals surface area contributed by atoms with E-state index in [2.05, 4.69) is 52.9 Å². The van der Waals surface area contributed by atoms with Gasteiger partial charge in [0.15, 0.2) is 5.11 Å². The molecule has 3 N–H and O–H groups in total. The molecular formula is C21H24BrN3O3S. The zero-order valence-corrected chi connectivity index (χ0v) is 19.2. The zero-order chi connectivity index (χ0) is 21.6. The molecule has 0 aliphatic heterocycles. The van der Waals surface area contributed by atoms with E-state index >= 15 is 0 Å². The maximum atomic E-state index is 12.5. The van der Waals surface area contributed by atoms with E-state index in [1.807, 2.05) is 19.1 Å². The Labute approximate surface area is 184 Å². The third kappa shape index (κ3) is 6.54. The summed E-state index contributed by atoms with van der Waals surface area (Å²) in [6, 6.07) is 12.4. The summed E-state index contributed by atoms with van der Waals surface area (Å²) < 4.78 is 6.20. The Morgan fingerprint density at radius 1 is 1.03 bits per heavy atom. The summed E-state index contributed by atoms with van der Waals surface area (Å²) in [7, 11) is 0. The maximum absolute atomic E-state index is 12.5. The van der Waals surface area contributed by atoms with Crippen molar-refractivity contribution in [2.45, 2.75) is 33.1 Å². The normalized spacial score (nSPS) is 10.8. The molecule has 0 bridgehead atoms. The van der Waals surface area contributed by atoms with Crippen molar-refractivity contribution in [2.24, 2.45) is 0 Å². The molecule has 0 aliphatic carbocycles. The fourth-order valence-corrected chi connectivity index (χ4v) is 2.97. The molecule has 0 aliphatic rings. The van der Waals surface area contributed by atoms with Crippen molar-refractivity contribution in [2.75, 3.05) is 6.61 Å². The number of hydrazine groups is 1. The number of nitrogens with one attached hydrogen (secondary N) is 3. The maximum Gasteiger partial charge on any atom is 0.269 e. The van der Waals surface area contributed by atoms with Crippen LogP contribution in [0.2, 0.25) is 0 Å². The number of carbonyl (C=O) groups excluding carboxylic acids is 2. The summed E-state index contributed by atoms with van der Waals surface area (Å²) >= 11 is 8.43. The van der Waals surface area contributed by atoms with Gasteiger partial charge in [0.2, 0.25) is 0 Å². The molecule has 2 aromatic rings. The van der Waals surface area contributed by atoms with Crippen molar-refractivity contribution in [3.05, 3.63) is 63.6 Å². The van der Waals surface area contributed by atoms with Gasteiger partial charge in [0, 0.05) is 10.0 Å². The zero-order valence-electron chi connectivity index (χ0n) is 16.8. The number of hydrogen-bond acceptors (Lipinski definition) is 4. The average molecular weight is 478 g/mol. The number of carbonyl (C=O) groups is 2. The van der Waals surface area contributed by atoms with Crippen LogP contribution in [0.25, 0.3) is 0 Å². The van der Waals surface area contributed by atoms with Gasteiger partial charge in [-0.05, 0) is 60.5 Å². The molecule has 2 amide bonds. The largest absolute Gasteiger partial charge is 0.493 e. The minimum atomic E-state index is -0.448. The fraction of sp³-hybridized carbons (Fsp3) is 0.286. The minimum absolute atomic E-state index is 0.00583. The quantitative estimate of drug-likeness (QED) is 0.456. The lowest BCUT2D eigenvalue weighted by molar-refractivity contribution is 0.0933. The van der Waals surface area contributed by atoms with Gasteiger partial charge in [0.1, 0.15) is 5.75 Å². The van der Waals surface area contributed by atoms with Crippen LogP contribution in [0.3, 0.4) is 0 Å². The lowest BCUT2D eigenvalue weighted by atomic mass is 9.87. The fourth-order valence-electron chi connectivity index (χ4n) is 2.47. The first-order valence-electron chi connectivity index (χ1n) is 9.06. The van der Waals surface area contributed by atoms with Crippen LogP contribution in [0.1, 0.15) is 54.0 Å². The van der Waals surface area contributed by atoms with E-state index in [1.54, 1.807) is 30.3 Å².